The third-order valence-corrected chi connectivity index (χ3v) is 6.15. The van der Waals surface area contributed by atoms with Crippen LogP contribution in [0.15, 0.2) is 24.3 Å². The van der Waals surface area contributed by atoms with E-state index in [9.17, 15) is 8.42 Å². The highest BCUT2D eigenvalue weighted by Gasteiger charge is 2.31. The fourth-order valence-electron chi connectivity index (χ4n) is 2.69. The topological polar surface area (TPSA) is 55.4 Å². The van der Waals surface area contributed by atoms with Gasteiger partial charge in [-0.2, -0.15) is 0 Å². The van der Waals surface area contributed by atoms with E-state index in [1.807, 2.05) is 24.3 Å². The summed E-state index contributed by atoms with van der Waals surface area (Å²) in [7, 11) is -1.19. The fourth-order valence-corrected chi connectivity index (χ4v) is 4.47. The Labute approximate surface area is 121 Å². The highest BCUT2D eigenvalue weighted by atomic mass is 32.2. The van der Waals surface area contributed by atoms with Gasteiger partial charge in [-0.3, -0.25) is 0 Å². The van der Waals surface area contributed by atoms with Crippen molar-refractivity contribution in [2.45, 2.75) is 37.5 Å². The zero-order valence-corrected chi connectivity index (χ0v) is 12.9. The van der Waals surface area contributed by atoms with Crippen molar-refractivity contribution in [2.24, 2.45) is 0 Å². The lowest BCUT2D eigenvalue weighted by Crippen LogP contribution is -2.37. The predicted molar refractivity (Wildman–Crippen MR) is 81.0 cm³/mol. The van der Waals surface area contributed by atoms with E-state index in [4.69, 9.17) is 4.74 Å². The minimum absolute atomic E-state index is 0.206. The Hall–Kier alpha value is -1.07. The minimum Gasteiger partial charge on any atom is -0.496 e. The molecule has 2 unspecified atom stereocenters. The molecule has 20 heavy (non-hydrogen) atoms. The van der Waals surface area contributed by atoms with Gasteiger partial charge in [-0.15, -0.1) is 0 Å². The van der Waals surface area contributed by atoms with E-state index >= 15 is 0 Å². The number of methoxy groups -OCH3 is 1. The van der Waals surface area contributed by atoms with E-state index in [-0.39, 0.29) is 11.3 Å². The van der Waals surface area contributed by atoms with Crippen LogP contribution in [0.1, 0.15) is 25.3 Å². The first-order chi connectivity index (χ1) is 9.53. The number of benzene rings is 1. The van der Waals surface area contributed by atoms with Crippen molar-refractivity contribution in [1.82, 2.24) is 5.32 Å². The maximum Gasteiger partial charge on any atom is 0.154 e. The smallest absolute Gasteiger partial charge is 0.154 e. The van der Waals surface area contributed by atoms with Gasteiger partial charge in [0.15, 0.2) is 9.84 Å². The van der Waals surface area contributed by atoms with Gasteiger partial charge in [0.1, 0.15) is 5.75 Å². The molecule has 1 N–H and O–H groups in total. The normalized spacial score (nSPS) is 22.6. The van der Waals surface area contributed by atoms with Crippen LogP contribution < -0.4 is 10.1 Å². The molecule has 1 saturated heterocycles. The zero-order valence-electron chi connectivity index (χ0n) is 12.1. The van der Waals surface area contributed by atoms with Crippen molar-refractivity contribution in [2.75, 3.05) is 19.4 Å². The molecule has 0 amide bonds. The minimum atomic E-state index is -2.86. The van der Waals surface area contributed by atoms with E-state index in [0.717, 1.165) is 30.6 Å². The number of para-hydroxylation sites is 1. The van der Waals surface area contributed by atoms with Crippen molar-refractivity contribution in [3.05, 3.63) is 29.8 Å². The second kappa shape index (κ2) is 6.59. The second-order valence-corrected chi connectivity index (χ2v) is 7.86. The Bertz CT molecular complexity index is 542. The zero-order chi connectivity index (χ0) is 14.6. The monoisotopic (exact) mass is 297 g/mol. The van der Waals surface area contributed by atoms with Crippen molar-refractivity contribution in [3.63, 3.8) is 0 Å². The third kappa shape index (κ3) is 3.73. The quantitative estimate of drug-likeness (QED) is 0.870. The van der Waals surface area contributed by atoms with Crippen LogP contribution in [0, 0.1) is 0 Å². The largest absolute Gasteiger partial charge is 0.496 e. The standard InChI is InChI=1S/C15H23NO3S/c1-12(10-13-6-3-4-8-15(13)19-2)16-11-14-7-5-9-20(14,17)18/h3-4,6,8,12,14,16H,5,7,9-11H2,1-2H3. The highest BCUT2D eigenvalue weighted by Crippen LogP contribution is 2.21. The molecule has 0 aliphatic carbocycles. The Morgan fingerprint density at radius 2 is 2.15 bits per heavy atom. The summed E-state index contributed by atoms with van der Waals surface area (Å²) >= 11 is 0. The van der Waals surface area contributed by atoms with Crippen molar-refractivity contribution in [3.8, 4) is 5.75 Å². The molecule has 112 valence electrons. The molecular weight excluding hydrogens is 274 g/mol. The molecule has 1 aromatic carbocycles. The Morgan fingerprint density at radius 3 is 2.80 bits per heavy atom. The maximum atomic E-state index is 11.8. The number of nitrogens with one attached hydrogen (secondary N) is 1. The fraction of sp³-hybridized carbons (Fsp3) is 0.600. The van der Waals surface area contributed by atoms with Crippen LogP contribution in [0.5, 0.6) is 5.75 Å². The number of hydrogen-bond acceptors (Lipinski definition) is 4. The lowest BCUT2D eigenvalue weighted by molar-refractivity contribution is 0.406. The molecule has 1 aromatic rings. The van der Waals surface area contributed by atoms with Crippen molar-refractivity contribution in [1.29, 1.82) is 0 Å². The molecule has 1 aliphatic rings. The van der Waals surface area contributed by atoms with E-state index in [1.165, 1.54) is 0 Å². The van der Waals surface area contributed by atoms with Crippen LogP contribution in [0.2, 0.25) is 0 Å². The molecule has 1 heterocycles. The van der Waals surface area contributed by atoms with Crippen LogP contribution in [0.25, 0.3) is 0 Å². The lowest BCUT2D eigenvalue weighted by atomic mass is 10.1. The van der Waals surface area contributed by atoms with Gasteiger partial charge in [-0.1, -0.05) is 18.2 Å². The van der Waals surface area contributed by atoms with Crippen LogP contribution in [0.4, 0.5) is 0 Å². The van der Waals surface area contributed by atoms with Crippen LogP contribution in [-0.2, 0) is 16.3 Å². The summed E-state index contributed by atoms with van der Waals surface area (Å²) in [6.45, 7) is 2.63. The summed E-state index contributed by atoms with van der Waals surface area (Å²) in [6.07, 6.45) is 2.42. The molecule has 2 atom stereocenters. The maximum absolute atomic E-state index is 11.8. The molecule has 1 aliphatic heterocycles. The second-order valence-electron chi connectivity index (χ2n) is 5.46. The first-order valence-corrected chi connectivity index (χ1v) is 8.81. The molecule has 0 spiro atoms. The van der Waals surface area contributed by atoms with Crippen LogP contribution in [-0.4, -0.2) is 39.1 Å². The molecule has 2 rings (SSSR count). The van der Waals surface area contributed by atoms with Gasteiger partial charge in [0.2, 0.25) is 0 Å². The molecular formula is C15H23NO3S. The molecule has 0 saturated carbocycles. The van der Waals surface area contributed by atoms with Crippen molar-refractivity contribution >= 4 is 9.84 Å². The Kier molecular flexibility index (Phi) is 5.05. The van der Waals surface area contributed by atoms with E-state index in [1.54, 1.807) is 7.11 Å². The van der Waals surface area contributed by atoms with Gasteiger partial charge in [0.05, 0.1) is 18.1 Å². The number of sulfone groups is 1. The molecule has 5 heteroatoms. The van der Waals surface area contributed by atoms with Gasteiger partial charge in [-0.25, -0.2) is 8.42 Å². The summed E-state index contributed by atoms with van der Waals surface area (Å²) in [5.74, 6) is 1.23. The molecule has 1 fully saturated rings. The van der Waals surface area contributed by atoms with Crippen molar-refractivity contribution < 1.29 is 13.2 Å². The number of hydrogen-bond donors (Lipinski definition) is 1. The predicted octanol–water partition coefficient (Wildman–Crippen LogP) is 1.79. The number of rotatable bonds is 6. The number of ether oxygens (including phenoxy) is 1. The van der Waals surface area contributed by atoms with Gasteiger partial charge in [0, 0.05) is 12.6 Å². The third-order valence-electron chi connectivity index (χ3n) is 3.88. The SMILES string of the molecule is COc1ccccc1CC(C)NCC1CCCS1(=O)=O. The van der Waals surface area contributed by atoms with Crippen LogP contribution >= 0.6 is 0 Å². The first kappa shape index (κ1) is 15.3. The van der Waals surface area contributed by atoms with Gasteiger partial charge >= 0.3 is 0 Å². The first-order valence-electron chi connectivity index (χ1n) is 7.10. The summed E-state index contributed by atoms with van der Waals surface area (Å²) < 4.78 is 28.9. The Morgan fingerprint density at radius 1 is 1.40 bits per heavy atom. The molecule has 0 bridgehead atoms. The average Bonchev–Trinajstić information content (AvgIpc) is 2.76. The summed E-state index contributed by atoms with van der Waals surface area (Å²) in [6, 6.07) is 8.16. The lowest BCUT2D eigenvalue weighted by Gasteiger charge is -2.18. The van der Waals surface area contributed by atoms with Crippen LogP contribution in [0.3, 0.4) is 0 Å². The van der Waals surface area contributed by atoms with E-state index in [0.29, 0.717) is 12.3 Å². The van der Waals surface area contributed by atoms with Gasteiger partial charge < -0.3 is 10.1 Å². The van der Waals surface area contributed by atoms with Gasteiger partial charge in [0.25, 0.3) is 0 Å². The highest BCUT2D eigenvalue weighted by molar-refractivity contribution is 7.92. The summed E-state index contributed by atoms with van der Waals surface area (Å²) in [4.78, 5) is 0. The van der Waals surface area contributed by atoms with E-state index in [2.05, 4.69) is 12.2 Å². The molecule has 0 aromatic heterocycles. The van der Waals surface area contributed by atoms with E-state index < -0.39 is 9.84 Å². The summed E-state index contributed by atoms with van der Waals surface area (Å²) in [5, 5.41) is 3.14. The summed E-state index contributed by atoms with van der Waals surface area (Å²) in [5.41, 5.74) is 1.14. The molecule has 0 radical (unpaired) electrons. The molecule has 4 nitrogen and oxygen atoms in total. The average molecular weight is 297 g/mol. The van der Waals surface area contributed by atoms with Gasteiger partial charge in [-0.05, 0) is 37.8 Å². The Balaban J connectivity index is 1.88.